The average Bonchev–Trinajstić information content (AvgIpc) is 2.79. The summed E-state index contributed by atoms with van der Waals surface area (Å²) in [6.07, 6.45) is 2.87. The van der Waals surface area contributed by atoms with E-state index < -0.39 is 20.9 Å². The Morgan fingerprint density at radius 1 is 1.00 bits per heavy atom. The number of non-ortho nitro benzene ring substituents is 1. The topological polar surface area (TPSA) is 97.6 Å². The zero-order valence-electron chi connectivity index (χ0n) is 17.9. The maximum absolute atomic E-state index is 13.5. The molecule has 32 heavy (non-hydrogen) atoms. The van der Waals surface area contributed by atoms with Crippen molar-refractivity contribution in [2.45, 2.75) is 38.0 Å². The van der Waals surface area contributed by atoms with Crippen LogP contribution < -0.4 is 4.31 Å². The molecule has 0 radical (unpaired) electrons. The fraction of sp³-hybridized carbons (Fsp3) is 0.208. The van der Waals surface area contributed by atoms with Crippen LogP contribution in [0.2, 0.25) is 0 Å². The molecule has 0 unspecified atom stereocenters. The fourth-order valence-electron chi connectivity index (χ4n) is 3.23. The zero-order chi connectivity index (χ0) is 23.3. The molecule has 1 amide bonds. The highest BCUT2D eigenvalue weighted by atomic mass is 32.2. The smallest absolute Gasteiger partial charge is 0.268 e. The molecule has 3 aromatic carbocycles. The second-order valence-corrected chi connectivity index (χ2v) is 9.25. The van der Waals surface area contributed by atoms with Crippen molar-refractivity contribution < 1.29 is 18.1 Å². The number of aryl methyl sites for hydroxylation is 2. The minimum atomic E-state index is -4.27. The number of rotatable bonds is 8. The Kier molecular flexibility index (Phi) is 7.05. The third kappa shape index (κ3) is 5.03. The molecule has 0 bridgehead atoms. The van der Waals surface area contributed by atoms with Gasteiger partial charge in [0.25, 0.3) is 21.6 Å². The van der Waals surface area contributed by atoms with E-state index in [1.165, 1.54) is 30.3 Å². The van der Waals surface area contributed by atoms with Gasteiger partial charge in [-0.2, -0.15) is 4.31 Å². The van der Waals surface area contributed by atoms with E-state index in [9.17, 15) is 23.3 Å². The van der Waals surface area contributed by atoms with Crippen LogP contribution in [-0.4, -0.2) is 19.2 Å². The molecular weight excluding hydrogens is 428 g/mol. The summed E-state index contributed by atoms with van der Waals surface area (Å²) in [6, 6.07) is 18.0. The highest BCUT2D eigenvalue weighted by Gasteiger charge is 2.32. The summed E-state index contributed by atoms with van der Waals surface area (Å²) in [5.41, 5.74) is 1.69. The van der Waals surface area contributed by atoms with Crippen LogP contribution in [0.3, 0.4) is 0 Å². The lowest BCUT2D eigenvalue weighted by Gasteiger charge is -2.23. The number of amides is 1. The lowest BCUT2D eigenvalue weighted by molar-refractivity contribution is -0.384. The van der Waals surface area contributed by atoms with Gasteiger partial charge in [0.15, 0.2) is 0 Å². The van der Waals surface area contributed by atoms with E-state index >= 15 is 0 Å². The second-order valence-electron chi connectivity index (χ2n) is 7.47. The van der Waals surface area contributed by atoms with Crippen LogP contribution in [0.25, 0.3) is 0 Å². The first-order chi connectivity index (χ1) is 15.2. The molecular formula is C24H24N2O5S. The summed E-state index contributed by atoms with van der Waals surface area (Å²) in [5.74, 6) is -0.865. The van der Waals surface area contributed by atoms with E-state index in [0.29, 0.717) is 4.31 Å². The molecule has 3 aromatic rings. The van der Waals surface area contributed by atoms with Gasteiger partial charge in [-0.1, -0.05) is 49.2 Å². The molecule has 0 fully saturated rings. The van der Waals surface area contributed by atoms with Gasteiger partial charge in [0, 0.05) is 17.7 Å². The molecule has 7 nitrogen and oxygen atoms in total. The number of carbonyl (C=O) groups is 1. The van der Waals surface area contributed by atoms with Crippen molar-refractivity contribution in [3.8, 4) is 0 Å². The second kappa shape index (κ2) is 9.74. The Labute approximate surface area is 187 Å². The number of sulfonamides is 1. The standard InChI is InChI=1S/C24H24N2O5S/c1-3-4-6-19-11-13-21(14-12-19)25(32(30,31)23-15-9-18(2)10-16-23)24(27)20-7-5-8-22(17-20)26(28)29/h5,7-17H,3-4,6H2,1-2H3. The maximum atomic E-state index is 13.5. The first kappa shape index (κ1) is 23.1. The van der Waals surface area contributed by atoms with Gasteiger partial charge >= 0.3 is 0 Å². The predicted octanol–water partition coefficient (Wildman–Crippen LogP) is 5.28. The minimum Gasteiger partial charge on any atom is -0.268 e. The Morgan fingerprint density at radius 3 is 2.25 bits per heavy atom. The van der Waals surface area contributed by atoms with Gasteiger partial charge in [-0.05, 0) is 55.7 Å². The molecule has 0 heterocycles. The van der Waals surface area contributed by atoms with Gasteiger partial charge in [0.2, 0.25) is 0 Å². The summed E-state index contributed by atoms with van der Waals surface area (Å²) in [5, 5.41) is 11.2. The summed E-state index contributed by atoms with van der Waals surface area (Å²) in [7, 11) is -4.27. The van der Waals surface area contributed by atoms with Crippen molar-refractivity contribution >= 4 is 27.3 Å². The summed E-state index contributed by atoms with van der Waals surface area (Å²) in [4.78, 5) is 23.9. The number of hydrogen-bond acceptors (Lipinski definition) is 5. The Morgan fingerprint density at radius 2 is 1.66 bits per heavy atom. The predicted molar refractivity (Wildman–Crippen MR) is 123 cm³/mol. The molecule has 0 spiro atoms. The number of unbranched alkanes of at least 4 members (excludes halogenated alkanes) is 1. The highest BCUT2D eigenvalue weighted by Crippen LogP contribution is 2.28. The molecule has 3 rings (SSSR count). The number of nitrogens with zero attached hydrogens (tertiary/aromatic N) is 2. The van der Waals surface area contributed by atoms with Crippen molar-refractivity contribution in [1.82, 2.24) is 0 Å². The zero-order valence-corrected chi connectivity index (χ0v) is 18.7. The first-order valence-electron chi connectivity index (χ1n) is 10.2. The summed E-state index contributed by atoms with van der Waals surface area (Å²) in [6.45, 7) is 3.92. The third-order valence-electron chi connectivity index (χ3n) is 5.04. The van der Waals surface area contributed by atoms with Crippen LogP contribution in [0.15, 0.2) is 77.7 Å². The van der Waals surface area contributed by atoms with Crippen LogP contribution in [-0.2, 0) is 16.4 Å². The SMILES string of the molecule is CCCCc1ccc(N(C(=O)c2cccc([N+](=O)[O-])c2)S(=O)(=O)c2ccc(C)cc2)cc1. The van der Waals surface area contributed by atoms with E-state index in [4.69, 9.17) is 0 Å². The number of hydrogen-bond donors (Lipinski definition) is 0. The molecule has 0 aliphatic heterocycles. The normalized spacial score (nSPS) is 11.2. The van der Waals surface area contributed by atoms with Crippen LogP contribution in [0.1, 0.15) is 41.3 Å². The molecule has 8 heteroatoms. The number of anilines is 1. The van der Waals surface area contributed by atoms with Crippen molar-refractivity contribution in [2.75, 3.05) is 4.31 Å². The van der Waals surface area contributed by atoms with Crippen molar-refractivity contribution in [1.29, 1.82) is 0 Å². The van der Waals surface area contributed by atoms with E-state index in [1.54, 1.807) is 36.4 Å². The van der Waals surface area contributed by atoms with Crippen LogP contribution in [0.5, 0.6) is 0 Å². The Bertz CT molecular complexity index is 1220. The van der Waals surface area contributed by atoms with Gasteiger partial charge in [-0.25, -0.2) is 8.42 Å². The van der Waals surface area contributed by atoms with Gasteiger partial charge in [-0.15, -0.1) is 0 Å². The molecule has 0 saturated carbocycles. The quantitative estimate of drug-likeness (QED) is 0.342. The van der Waals surface area contributed by atoms with Crippen LogP contribution >= 0.6 is 0 Å². The van der Waals surface area contributed by atoms with Gasteiger partial charge < -0.3 is 0 Å². The lowest BCUT2D eigenvalue weighted by atomic mass is 10.1. The number of nitro benzene ring substituents is 1. The first-order valence-corrected chi connectivity index (χ1v) is 11.7. The maximum Gasteiger partial charge on any atom is 0.272 e. The van der Waals surface area contributed by atoms with Crippen LogP contribution in [0, 0.1) is 17.0 Å². The lowest BCUT2D eigenvalue weighted by Crippen LogP contribution is -2.37. The largest absolute Gasteiger partial charge is 0.272 e. The fourth-order valence-corrected chi connectivity index (χ4v) is 4.64. The number of carbonyl (C=O) groups excluding carboxylic acids is 1. The van der Waals surface area contributed by atoms with Crippen molar-refractivity contribution in [2.24, 2.45) is 0 Å². The van der Waals surface area contributed by atoms with Crippen LogP contribution in [0.4, 0.5) is 11.4 Å². The van der Waals surface area contributed by atoms with Crippen molar-refractivity contribution in [3.63, 3.8) is 0 Å². The summed E-state index contributed by atoms with van der Waals surface area (Å²) < 4.78 is 27.7. The molecule has 0 aliphatic rings. The highest BCUT2D eigenvalue weighted by molar-refractivity contribution is 7.93. The Hall–Kier alpha value is -3.52. The van der Waals surface area contributed by atoms with E-state index in [1.807, 2.05) is 6.92 Å². The number of nitro groups is 1. The number of benzene rings is 3. The Balaban J connectivity index is 2.10. The molecule has 0 saturated heterocycles. The average molecular weight is 453 g/mol. The van der Waals surface area contributed by atoms with Gasteiger partial charge in [0.05, 0.1) is 15.5 Å². The van der Waals surface area contributed by atoms with Gasteiger partial charge in [0.1, 0.15) is 0 Å². The molecule has 0 aliphatic carbocycles. The van der Waals surface area contributed by atoms with Gasteiger partial charge in [-0.3, -0.25) is 14.9 Å². The monoisotopic (exact) mass is 452 g/mol. The molecule has 0 N–H and O–H groups in total. The molecule has 0 atom stereocenters. The third-order valence-corrected chi connectivity index (χ3v) is 6.76. The minimum absolute atomic E-state index is 0.0445. The summed E-state index contributed by atoms with van der Waals surface area (Å²) >= 11 is 0. The van der Waals surface area contributed by atoms with Crippen molar-refractivity contribution in [3.05, 3.63) is 99.6 Å². The van der Waals surface area contributed by atoms with E-state index in [0.717, 1.165) is 36.5 Å². The van der Waals surface area contributed by atoms with E-state index in [2.05, 4.69) is 6.92 Å². The molecule has 166 valence electrons. The van der Waals surface area contributed by atoms with E-state index in [-0.39, 0.29) is 21.8 Å². The molecule has 0 aromatic heterocycles.